The number of benzene rings is 3. The molecule has 32 heavy (non-hydrogen) atoms. The first-order valence-corrected chi connectivity index (χ1v) is 12.6. The van der Waals surface area contributed by atoms with E-state index >= 15 is 0 Å². The zero-order valence-corrected chi connectivity index (χ0v) is 19.2. The number of fused-ring (bicyclic) bond motifs is 2. The quantitative estimate of drug-likeness (QED) is 0.609. The van der Waals surface area contributed by atoms with Gasteiger partial charge in [0, 0.05) is 23.3 Å². The van der Waals surface area contributed by atoms with Gasteiger partial charge in [0.2, 0.25) is 15.9 Å². The molecular weight excluding hydrogens is 446 g/mol. The van der Waals surface area contributed by atoms with Crippen molar-refractivity contribution in [3.05, 3.63) is 70.7 Å². The highest BCUT2D eigenvalue weighted by Gasteiger charge is 2.36. The van der Waals surface area contributed by atoms with E-state index < -0.39 is 16.1 Å². The van der Waals surface area contributed by atoms with E-state index in [0.717, 1.165) is 29.4 Å². The van der Waals surface area contributed by atoms with E-state index in [-0.39, 0.29) is 10.8 Å². The Morgan fingerprint density at radius 2 is 1.84 bits per heavy atom. The molecule has 3 aromatic carbocycles. The maximum Gasteiger partial charge on any atom is 0.245 e. The molecule has 0 spiro atoms. The van der Waals surface area contributed by atoms with Gasteiger partial charge in [-0.15, -0.1) is 0 Å². The minimum Gasteiger partial charge on any atom is -0.311 e. The van der Waals surface area contributed by atoms with Gasteiger partial charge >= 0.3 is 0 Å². The first-order chi connectivity index (χ1) is 15.3. The maximum absolute atomic E-state index is 13.1. The summed E-state index contributed by atoms with van der Waals surface area (Å²) in [5, 5.41) is 5.66. The molecule has 0 saturated carbocycles. The third-order valence-corrected chi connectivity index (χ3v) is 8.04. The molecule has 1 amide bonds. The Balaban J connectivity index is 1.35. The average molecular weight is 470 g/mol. The molecule has 0 bridgehead atoms. The predicted molar refractivity (Wildman–Crippen MR) is 127 cm³/mol. The summed E-state index contributed by atoms with van der Waals surface area (Å²) in [6.07, 6.45) is 1.34. The molecule has 166 valence electrons. The molecule has 2 atom stereocenters. The van der Waals surface area contributed by atoms with Gasteiger partial charge in [-0.05, 0) is 84.6 Å². The lowest BCUT2D eigenvalue weighted by molar-refractivity contribution is -0.118. The standard InChI is InChI=1S/C24H24ClN3O3S/c1-15-22-7-5-20(13-18(22)8-10-26-15)28-11-9-23(24(28)29)27-32(30,31)21-6-3-16-12-19(25)4-2-17(16)14-21/h2-7,12-15,23,26-27H,8-11H2,1H3/t15?,23-/m0/s1. The SMILES string of the molecule is CC1NCCc2cc(N3CC[C@H](NS(=O)(=O)c4ccc5cc(Cl)ccc5c4)C3=O)ccc21. The van der Waals surface area contributed by atoms with E-state index in [0.29, 0.717) is 24.0 Å². The summed E-state index contributed by atoms with van der Waals surface area (Å²) in [5.74, 6) is -0.219. The predicted octanol–water partition coefficient (Wildman–Crippen LogP) is 3.78. The average Bonchev–Trinajstić information content (AvgIpc) is 3.12. The van der Waals surface area contributed by atoms with Crippen molar-refractivity contribution in [2.24, 2.45) is 0 Å². The second-order valence-electron chi connectivity index (χ2n) is 8.41. The molecule has 0 aliphatic carbocycles. The number of anilines is 1. The first-order valence-electron chi connectivity index (χ1n) is 10.7. The van der Waals surface area contributed by atoms with Crippen molar-refractivity contribution >= 4 is 44.0 Å². The van der Waals surface area contributed by atoms with Crippen LogP contribution in [0.4, 0.5) is 5.69 Å². The second kappa shape index (κ2) is 8.15. The summed E-state index contributed by atoms with van der Waals surface area (Å²) >= 11 is 6.01. The van der Waals surface area contributed by atoms with Gasteiger partial charge in [0.15, 0.2) is 0 Å². The van der Waals surface area contributed by atoms with Crippen LogP contribution in [0.3, 0.4) is 0 Å². The van der Waals surface area contributed by atoms with Crippen molar-refractivity contribution in [2.45, 2.75) is 36.7 Å². The minimum atomic E-state index is -3.84. The lowest BCUT2D eigenvalue weighted by Crippen LogP contribution is -2.41. The fraction of sp³-hybridized carbons (Fsp3) is 0.292. The number of nitrogens with one attached hydrogen (secondary N) is 2. The van der Waals surface area contributed by atoms with Crippen LogP contribution in [0.2, 0.25) is 5.02 Å². The van der Waals surface area contributed by atoms with E-state index in [1.54, 1.807) is 35.2 Å². The summed E-state index contributed by atoms with van der Waals surface area (Å²) in [6, 6.07) is 15.7. The normalized spacial score (nSPS) is 21.2. The molecule has 6 nitrogen and oxygen atoms in total. The number of amides is 1. The Morgan fingerprint density at radius 3 is 2.69 bits per heavy atom. The molecule has 1 fully saturated rings. The Kier molecular flexibility index (Phi) is 5.45. The van der Waals surface area contributed by atoms with Crippen molar-refractivity contribution in [1.82, 2.24) is 10.0 Å². The van der Waals surface area contributed by atoms with Crippen molar-refractivity contribution in [2.75, 3.05) is 18.0 Å². The molecular formula is C24H24ClN3O3S. The minimum absolute atomic E-state index is 0.133. The van der Waals surface area contributed by atoms with Gasteiger partial charge in [0.1, 0.15) is 6.04 Å². The monoisotopic (exact) mass is 469 g/mol. The van der Waals surface area contributed by atoms with Crippen LogP contribution in [0, 0.1) is 0 Å². The van der Waals surface area contributed by atoms with Gasteiger partial charge in [-0.2, -0.15) is 4.72 Å². The Labute approximate surface area is 192 Å². The number of halogens is 1. The molecule has 1 unspecified atom stereocenters. The van der Waals surface area contributed by atoms with Crippen LogP contribution in [0.15, 0.2) is 59.5 Å². The molecule has 8 heteroatoms. The zero-order chi connectivity index (χ0) is 22.5. The number of carbonyl (C=O) groups excluding carboxylic acids is 1. The maximum atomic E-state index is 13.1. The number of rotatable bonds is 4. The van der Waals surface area contributed by atoms with Crippen LogP contribution in [-0.2, 0) is 21.2 Å². The molecule has 2 heterocycles. The topological polar surface area (TPSA) is 78.5 Å². The lowest BCUT2D eigenvalue weighted by Gasteiger charge is -2.26. The lowest BCUT2D eigenvalue weighted by atomic mass is 9.94. The smallest absolute Gasteiger partial charge is 0.245 e. The number of carbonyl (C=O) groups is 1. The largest absolute Gasteiger partial charge is 0.311 e. The van der Waals surface area contributed by atoms with Gasteiger partial charge in [-0.1, -0.05) is 29.8 Å². The molecule has 0 radical (unpaired) electrons. The summed E-state index contributed by atoms with van der Waals surface area (Å²) in [4.78, 5) is 14.9. The van der Waals surface area contributed by atoms with Gasteiger partial charge in [-0.3, -0.25) is 4.79 Å². The van der Waals surface area contributed by atoms with E-state index in [1.807, 2.05) is 6.07 Å². The fourth-order valence-electron chi connectivity index (χ4n) is 4.60. The highest BCUT2D eigenvalue weighted by atomic mass is 35.5. The summed E-state index contributed by atoms with van der Waals surface area (Å²) in [6.45, 7) is 3.52. The highest BCUT2D eigenvalue weighted by molar-refractivity contribution is 7.89. The zero-order valence-electron chi connectivity index (χ0n) is 17.6. The van der Waals surface area contributed by atoms with E-state index in [4.69, 9.17) is 11.6 Å². The highest BCUT2D eigenvalue weighted by Crippen LogP contribution is 2.30. The van der Waals surface area contributed by atoms with Crippen molar-refractivity contribution in [1.29, 1.82) is 0 Å². The van der Waals surface area contributed by atoms with Crippen LogP contribution in [0.1, 0.15) is 30.5 Å². The van der Waals surface area contributed by atoms with Crippen LogP contribution < -0.4 is 14.9 Å². The van der Waals surface area contributed by atoms with Crippen molar-refractivity contribution in [3.8, 4) is 0 Å². The molecule has 2 N–H and O–H groups in total. The third kappa shape index (κ3) is 3.90. The number of hydrogen-bond acceptors (Lipinski definition) is 4. The van der Waals surface area contributed by atoms with Crippen molar-refractivity contribution in [3.63, 3.8) is 0 Å². The third-order valence-electron chi connectivity index (χ3n) is 6.34. The molecule has 1 saturated heterocycles. The van der Waals surface area contributed by atoms with E-state index in [1.165, 1.54) is 17.2 Å². The van der Waals surface area contributed by atoms with E-state index in [9.17, 15) is 13.2 Å². The molecule has 5 rings (SSSR count). The van der Waals surface area contributed by atoms with Crippen LogP contribution in [-0.4, -0.2) is 33.5 Å². The Morgan fingerprint density at radius 1 is 1.06 bits per heavy atom. The molecule has 0 aromatic heterocycles. The summed E-state index contributed by atoms with van der Waals surface area (Å²) in [7, 11) is -3.84. The second-order valence-corrected chi connectivity index (χ2v) is 10.6. The van der Waals surface area contributed by atoms with Gasteiger partial charge < -0.3 is 10.2 Å². The van der Waals surface area contributed by atoms with Gasteiger partial charge in [0.25, 0.3) is 0 Å². The molecule has 2 aliphatic heterocycles. The number of hydrogen-bond donors (Lipinski definition) is 2. The summed E-state index contributed by atoms with van der Waals surface area (Å²) in [5.41, 5.74) is 3.32. The first kappa shape index (κ1) is 21.4. The van der Waals surface area contributed by atoms with E-state index in [2.05, 4.69) is 29.1 Å². The van der Waals surface area contributed by atoms with Crippen LogP contribution >= 0.6 is 11.6 Å². The van der Waals surface area contributed by atoms with Crippen LogP contribution in [0.5, 0.6) is 0 Å². The van der Waals surface area contributed by atoms with Gasteiger partial charge in [-0.25, -0.2) is 8.42 Å². The molecule has 2 aliphatic rings. The Hall–Kier alpha value is -2.45. The van der Waals surface area contributed by atoms with Crippen LogP contribution in [0.25, 0.3) is 10.8 Å². The molecule has 3 aromatic rings. The number of sulfonamides is 1. The van der Waals surface area contributed by atoms with Gasteiger partial charge in [0.05, 0.1) is 4.90 Å². The van der Waals surface area contributed by atoms with Crippen molar-refractivity contribution < 1.29 is 13.2 Å². The number of nitrogens with zero attached hydrogens (tertiary/aromatic N) is 1. The summed E-state index contributed by atoms with van der Waals surface area (Å²) < 4.78 is 28.6. The fourth-order valence-corrected chi connectivity index (χ4v) is 6.03. The Bertz CT molecular complexity index is 1330.